The topological polar surface area (TPSA) is 80.0 Å². The Morgan fingerprint density at radius 2 is 2.00 bits per heavy atom. The largest absolute Gasteiger partial charge is 0.378 e. The van der Waals surface area contributed by atoms with Crippen LogP contribution in [0.15, 0.2) is 61.1 Å². The zero-order chi connectivity index (χ0) is 16.9. The van der Waals surface area contributed by atoms with Crippen molar-refractivity contribution in [2.75, 3.05) is 0 Å². The number of hydrogen-bond acceptors (Lipinski definition) is 4. The van der Waals surface area contributed by atoms with Crippen LogP contribution in [0.2, 0.25) is 0 Å². The molecule has 2 N–H and O–H groups in total. The minimum Gasteiger partial charge on any atom is -0.378 e. The summed E-state index contributed by atoms with van der Waals surface area (Å²) in [7, 11) is 0. The highest BCUT2D eigenvalue weighted by Gasteiger charge is 2.16. The highest BCUT2D eigenvalue weighted by molar-refractivity contribution is 5.81. The third kappa shape index (κ3) is 3.49. The maximum atomic E-state index is 12.0. The first-order chi connectivity index (χ1) is 11.6. The first kappa shape index (κ1) is 15.9. The normalized spacial score (nSPS) is 11.9. The van der Waals surface area contributed by atoms with Gasteiger partial charge in [0.1, 0.15) is 11.6 Å². The van der Waals surface area contributed by atoms with E-state index in [-0.39, 0.29) is 0 Å². The molecule has 1 unspecified atom stereocenters. The Labute approximate surface area is 139 Å². The predicted octanol–water partition coefficient (Wildman–Crippen LogP) is 1.93. The van der Waals surface area contributed by atoms with E-state index in [9.17, 15) is 9.90 Å². The zero-order valence-electron chi connectivity index (χ0n) is 13.3. The Balaban J connectivity index is 1.61. The van der Waals surface area contributed by atoms with Gasteiger partial charge in [-0.25, -0.2) is 9.97 Å². The molecule has 0 fully saturated rings. The summed E-state index contributed by atoms with van der Waals surface area (Å²) in [5, 5.41) is 12.7. The number of nitrogens with one attached hydrogen (secondary N) is 1. The molecule has 0 aliphatic rings. The van der Waals surface area contributed by atoms with Crippen molar-refractivity contribution in [1.29, 1.82) is 0 Å². The van der Waals surface area contributed by atoms with Crippen molar-refractivity contribution in [2.45, 2.75) is 19.6 Å². The third-order valence-electron chi connectivity index (χ3n) is 3.71. The van der Waals surface area contributed by atoms with Crippen LogP contribution in [-0.2, 0) is 11.3 Å². The van der Waals surface area contributed by atoms with E-state index in [1.54, 1.807) is 36.7 Å². The molecule has 0 aliphatic carbocycles. The van der Waals surface area contributed by atoms with Gasteiger partial charge in [0.15, 0.2) is 6.10 Å². The summed E-state index contributed by atoms with van der Waals surface area (Å²) < 4.78 is 1.88. The molecule has 0 saturated carbocycles. The smallest absolute Gasteiger partial charge is 0.253 e. The summed E-state index contributed by atoms with van der Waals surface area (Å²) >= 11 is 0. The molecule has 6 heteroatoms. The van der Waals surface area contributed by atoms with E-state index < -0.39 is 12.0 Å². The molecule has 3 rings (SSSR count). The Bertz CT molecular complexity index is 813. The molecule has 1 aromatic carbocycles. The Hall–Kier alpha value is -2.99. The van der Waals surface area contributed by atoms with Gasteiger partial charge in [-0.15, -0.1) is 0 Å². The standard InChI is InChI=1S/C18H18N4O2/c1-13-19-9-10-22(13)16-8-7-14(11-20-16)12-21-18(24)17(23)15-5-3-2-4-6-15/h2-11,17,23H,12H2,1H3,(H,21,24). The van der Waals surface area contributed by atoms with E-state index in [0.717, 1.165) is 17.2 Å². The van der Waals surface area contributed by atoms with Crippen molar-refractivity contribution < 1.29 is 9.90 Å². The molecule has 0 aliphatic heterocycles. The SMILES string of the molecule is Cc1nccn1-c1ccc(CNC(=O)C(O)c2ccccc2)cn1. The fourth-order valence-electron chi connectivity index (χ4n) is 2.36. The van der Waals surface area contributed by atoms with Crippen LogP contribution in [0.4, 0.5) is 0 Å². The second-order valence-electron chi connectivity index (χ2n) is 5.40. The van der Waals surface area contributed by atoms with Crippen LogP contribution in [0, 0.1) is 6.92 Å². The van der Waals surface area contributed by atoms with E-state index in [1.165, 1.54) is 0 Å². The Morgan fingerprint density at radius 3 is 2.62 bits per heavy atom. The number of pyridine rings is 1. The number of aryl methyl sites for hydroxylation is 1. The average Bonchev–Trinajstić information content (AvgIpc) is 3.06. The average molecular weight is 322 g/mol. The van der Waals surface area contributed by atoms with Crippen LogP contribution in [-0.4, -0.2) is 25.5 Å². The highest BCUT2D eigenvalue weighted by atomic mass is 16.3. The van der Waals surface area contributed by atoms with Crippen LogP contribution in [0.25, 0.3) is 5.82 Å². The van der Waals surface area contributed by atoms with Gasteiger partial charge in [-0.2, -0.15) is 0 Å². The molecule has 0 saturated heterocycles. The van der Waals surface area contributed by atoms with Gasteiger partial charge in [-0.1, -0.05) is 36.4 Å². The number of rotatable bonds is 5. The number of carbonyl (C=O) groups excluding carboxylic acids is 1. The first-order valence-corrected chi connectivity index (χ1v) is 7.61. The fraction of sp³-hybridized carbons (Fsp3) is 0.167. The van der Waals surface area contributed by atoms with Gasteiger partial charge in [-0.05, 0) is 24.1 Å². The van der Waals surface area contributed by atoms with E-state index in [0.29, 0.717) is 12.1 Å². The van der Waals surface area contributed by atoms with Crippen molar-refractivity contribution in [3.63, 3.8) is 0 Å². The minimum absolute atomic E-state index is 0.304. The van der Waals surface area contributed by atoms with Crippen LogP contribution < -0.4 is 5.32 Å². The van der Waals surface area contributed by atoms with Gasteiger partial charge in [0.05, 0.1) is 0 Å². The number of benzene rings is 1. The van der Waals surface area contributed by atoms with Crippen molar-refractivity contribution in [3.05, 3.63) is 78.0 Å². The molecule has 0 radical (unpaired) electrons. The van der Waals surface area contributed by atoms with Gasteiger partial charge in [0.25, 0.3) is 5.91 Å². The van der Waals surface area contributed by atoms with Gasteiger partial charge in [0.2, 0.25) is 0 Å². The number of aliphatic hydroxyl groups excluding tert-OH is 1. The van der Waals surface area contributed by atoms with E-state index in [1.807, 2.05) is 35.9 Å². The lowest BCUT2D eigenvalue weighted by Crippen LogP contribution is -2.28. The summed E-state index contributed by atoms with van der Waals surface area (Å²) in [6, 6.07) is 12.6. The molecule has 1 atom stereocenters. The van der Waals surface area contributed by atoms with Gasteiger partial charge >= 0.3 is 0 Å². The predicted molar refractivity (Wildman–Crippen MR) is 89.3 cm³/mol. The van der Waals surface area contributed by atoms with Crippen molar-refractivity contribution >= 4 is 5.91 Å². The number of aromatic nitrogens is 3. The lowest BCUT2D eigenvalue weighted by molar-refractivity contribution is -0.129. The summed E-state index contributed by atoms with van der Waals surface area (Å²) in [5.74, 6) is 1.19. The zero-order valence-corrected chi connectivity index (χ0v) is 13.3. The third-order valence-corrected chi connectivity index (χ3v) is 3.71. The van der Waals surface area contributed by atoms with E-state index in [2.05, 4.69) is 15.3 Å². The summed E-state index contributed by atoms with van der Waals surface area (Å²) in [4.78, 5) is 20.6. The summed E-state index contributed by atoms with van der Waals surface area (Å²) in [5.41, 5.74) is 1.42. The molecule has 1 amide bonds. The molecular formula is C18H18N4O2. The molecule has 2 aromatic heterocycles. The van der Waals surface area contributed by atoms with Gasteiger partial charge < -0.3 is 10.4 Å². The summed E-state index contributed by atoms with van der Waals surface area (Å²) in [6.45, 7) is 2.21. The first-order valence-electron chi connectivity index (χ1n) is 7.61. The number of aliphatic hydroxyl groups is 1. The molecular weight excluding hydrogens is 304 g/mol. The van der Waals surface area contributed by atoms with Crippen LogP contribution in [0.1, 0.15) is 23.1 Å². The summed E-state index contributed by atoms with van der Waals surface area (Å²) in [6.07, 6.45) is 4.09. The molecule has 122 valence electrons. The van der Waals surface area contributed by atoms with Crippen LogP contribution in [0.5, 0.6) is 0 Å². The lowest BCUT2D eigenvalue weighted by Gasteiger charge is -2.12. The number of hydrogen-bond donors (Lipinski definition) is 2. The number of imidazole rings is 1. The molecule has 0 bridgehead atoms. The van der Waals surface area contributed by atoms with Crippen molar-refractivity contribution in [2.24, 2.45) is 0 Å². The van der Waals surface area contributed by atoms with Crippen LogP contribution >= 0.6 is 0 Å². The van der Waals surface area contributed by atoms with E-state index in [4.69, 9.17) is 0 Å². The quantitative estimate of drug-likeness (QED) is 0.752. The van der Waals surface area contributed by atoms with Crippen LogP contribution in [0.3, 0.4) is 0 Å². The fourth-order valence-corrected chi connectivity index (χ4v) is 2.36. The maximum Gasteiger partial charge on any atom is 0.253 e. The molecule has 2 heterocycles. The number of nitrogens with zero attached hydrogens (tertiary/aromatic N) is 3. The molecule has 3 aromatic rings. The minimum atomic E-state index is -1.17. The molecule has 0 spiro atoms. The van der Waals surface area contributed by atoms with Gasteiger partial charge in [-0.3, -0.25) is 9.36 Å². The lowest BCUT2D eigenvalue weighted by atomic mass is 10.1. The van der Waals surface area contributed by atoms with Gasteiger partial charge in [0, 0.05) is 25.1 Å². The number of amides is 1. The highest BCUT2D eigenvalue weighted by Crippen LogP contribution is 2.12. The van der Waals surface area contributed by atoms with E-state index >= 15 is 0 Å². The second kappa shape index (κ2) is 7.06. The number of carbonyl (C=O) groups is 1. The second-order valence-corrected chi connectivity index (χ2v) is 5.40. The maximum absolute atomic E-state index is 12.0. The van der Waals surface area contributed by atoms with Crippen molar-refractivity contribution in [1.82, 2.24) is 19.9 Å². The Morgan fingerprint density at radius 1 is 1.21 bits per heavy atom. The Kier molecular flexibility index (Phi) is 4.67. The monoisotopic (exact) mass is 322 g/mol. The van der Waals surface area contributed by atoms with Crippen molar-refractivity contribution in [3.8, 4) is 5.82 Å². The molecule has 24 heavy (non-hydrogen) atoms. The molecule has 6 nitrogen and oxygen atoms in total.